The van der Waals surface area contributed by atoms with Crippen LogP contribution in [-0.4, -0.2) is 53.2 Å². The van der Waals surface area contributed by atoms with Gasteiger partial charge in [0.1, 0.15) is 18.5 Å². The summed E-state index contributed by atoms with van der Waals surface area (Å²) in [5.74, 6) is 0.286. The van der Waals surface area contributed by atoms with E-state index in [9.17, 15) is 14.7 Å². The number of morpholine rings is 1. The predicted molar refractivity (Wildman–Crippen MR) is 122 cm³/mol. The normalized spacial score (nSPS) is 16.8. The number of carbonyl (C=O) groups is 2. The summed E-state index contributed by atoms with van der Waals surface area (Å²) in [6.45, 7) is 0.564. The van der Waals surface area contributed by atoms with Crippen LogP contribution in [0.1, 0.15) is 27.6 Å². The minimum Gasteiger partial charge on any atom is -0.497 e. The third kappa shape index (κ3) is 5.36. The standard InChI is InChI=1S/C25H25N3O5/c1-32-21-10-4-17(5-11-21)14-28-22(15-33-16-23(28)29)24(30)18-6-8-20(9-7-18)27-25(31)19-3-2-12-26-13-19/h2-13,22,24,30H,14-16H2,1H3,(H,27,31). The highest BCUT2D eigenvalue weighted by Gasteiger charge is 2.34. The first kappa shape index (κ1) is 22.4. The number of aliphatic hydroxyl groups is 1. The van der Waals surface area contributed by atoms with Crippen LogP contribution in [0.15, 0.2) is 73.1 Å². The van der Waals surface area contributed by atoms with Crippen LogP contribution < -0.4 is 10.1 Å². The minimum atomic E-state index is -0.949. The average molecular weight is 447 g/mol. The maximum absolute atomic E-state index is 12.6. The molecule has 0 saturated carbocycles. The van der Waals surface area contributed by atoms with E-state index in [-0.39, 0.29) is 25.0 Å². The third-order valence-corrected chi connectivity index (χ3v) is 5.55. The van der Waals surface area contributed by atoms with Gasteiger partial charge in [-0.2, -0.15) is 0 Å². The van der Waals surface area contributed by atoms with E-state index in [0.717, 1.165) is 11.3 Å². The van der Waals surface area contributed by atoms with Gasteiger partial charge in [0, 0.05) is 24.6 Å². The van der Waals surface area contributed by atoms with Crippen molar-refractivity contribution >= 4 is 17.5 Å². The second kappa shape index (κ2) is 10.2. The summed E-state index contributed by atoms with van der Waals surface area (Å²) < 4.78 is 10.6. The van der Waals surface area contributed by atoms with Crippen molar-refractivity contribution in [3.05, 3.63) is 89.7 Å². The highest BCUT2D eigenvalue weighted by molar-refractivity contribution is 6.04. The smallest absolute Gasteiger partial charge is 0.257 e. The molecule has 2 aromatic carbocycles. The Balaban J connectivity index is 1.46. The van der Waals surface area contributed by atoms with E-state index in [1.165, 1.54) is 6.20 Å². The van der Waals surface area contributed by atoms with Gasteiger partial charge < -0.3 is 24.8 Å². The molecule has 8 heteroatoms. The van der Waals surface area contributed by atoms with Gasteiger partial charge in [-0.15, -0.1) is 0 Å². The van der Waals surface area contributed by atoms with Crippen molar-refractivity contribution in [2.45, 2.75) is 18.7 Å². The number of hydrogen-bond donors (Lipinski definition) is 2. The lowest BCUT2D eigenvalue weighted by molar-refractivity contribution is -0.155. The largest absolute Gasteiger partial charge is 0.497 e. The molecule has 2 amide bonds. The molecule has 4 rings (SSSR count). The zero-order valence-electron chi connectivity index (χ0n) is 18.2. The molecule has 2 atom stereocenters. The number of amides is 2. The molecule has 2 unspecified atom stereocenters. The van der Waals surface area contributed by atoms with Gasteiger partial charge in [0.05, 0.1) is 25.3 Å². The number of carbonyl (C=O) groups excluding carboxylic acids is 2. The Morgan fingerprint density at radius 3 is 2.64 bits per heavy atom. The van der Waals surface area contributed by atoms with E-state index in [4.69, 9.17) is 9.47 Å². The van der Waals surface area contributed by atoms with Crippen LogP contribution in [0.5, 0.6) is 5.75 Å². The van der Waals surface area contributed by atoms with Gasteiger partial charge in [0.25, 0.3) is 5.91 Å². The first-order chi connectivity index (χ1) is 16.0. The topological polar surface area (TPSA) is 101 Å². The number of pyridine rings is 1. The second-order valence-electron chi connectivity index (χ2n) is 7.71. The molecule has 170 valence electrons. The minimum absolute atomic E-state index is 0.0152. The molecule has 1 saturated heterocycles. The zero-order valence-corrected chi connectivity index (χ0v) is 18.2. The molecule has 0 aliphatic carbocycles. The average Bonchev–Trinajstić information content (AvgIpc) is 2.86. The van der Waals surface area contributed by atoms with E-state index < -0.39 is 12.1 Å². The number of anilines is 1. The van der Waals surface area contributed by atoms with Gasteiger partial charge in [-0.05, 0) is 47.5 Å². The summed E-state index contributed by atoms with van der Waals surface area (Å²) in [5, 5.41) is 13.9. The van der Waals surface area contributed by atoms with Crippen LogP contribution in [0.3, 0.4) is 0 Å². The monoisotopic (exact) mass is 447 g/mol. The fourth-order valence-electron chi connectivity index (χ4n) is 3.71. The fraction of sp³-hybridized carbons (Fsp3) is 0.240. The summed E-state index contributed by atoms with van der Waals surface area (Å²) in [5.41, 5.74) is 2.59. The maximum Gasteiger partial charge on any atom is 0.257 e. The molecule has 1 aliphatic heterocycles. The van der Waals surface area contributed by atoms with Crippen LogP contribution in [0, 0.1) is 0 Å². The van der Waals surface area contributed by atoms with E-state index in [1.54, 1.807) is 54.6 Å². The van der Waals surface area contributed by atoms with Crippen molar-refractivity contribution in [3.63, 3.8) is 0 Å². The molecule has 1 aromatic heterocycles. The van der Waals surface area contributed by atoms with E-state index in [2.05, 4.69) is 10.3 Å². The van der Waals surface area contributed by atoms with E-state index >= 15 is 0 Å². The number of nitrogens with one attached hydrogen (secondary N) is 1. The Morgan fingerprint density at radius 1 is 1.21 bits per heavy atom. The predicted octanol–water partition coefficient (Wildman–Crippen LogP) is 2.80. The number of hydrogen-bond acceptors (Lipinski definition) is 6. The Hall–Kier alpha value is -3.75. The molecule has 0 spiro atoms. The van der Waals surface area contributed by atoms with Gasteiger partial charge >= 0.3 is 0 Å². The highest BCUT2D eigenvalue weighted by atomic mass is 16.5. The maximum atomic E-state index is 12.6. The van der Waals surface area contributed by atoms with Gasteiger partial charge in [-0.25, -0.2) is 0 Å². The van der Waals surface area contributed by atoms with Crippen molar-refractivity contribution in [3.8, 4) is 5.75 Å². The molecule has 33 heavy (non-hydrogen) atoms. The van der Waals surface area contributed by atoms with Crippen molar-refractivity contribution in [2.24, 2.45) is 0 Å². The molecule has 0 bridgehead atoms. The molecule has 1 aliphatic rings. The molecule has 1 fully saturated rings. The number of aromatic nitrogens is 1. The van der Waals surface area contributed by atoms with E-state index in [0.29, 0.717) is 23.4 Å². The molecular weight excluding hydrogens is 422 g/mol. The first-order valence-electron chi connectivity index (χ1n) is 10.5. The Bertz CT molecular complexity index is 1090. The molecule has 2 heterocycles. The highest BCUT2D eigenvalue weighted by Crippen LogP contribution is 2.27. The Morgan fingerprint density at radius 2 is 1.97 bits per heavy atom. The SMILES string of the molecule is COc1ccc(CN2C(=O)COCC2C(O)c2ccc(NC(=O)c3cccnc3)cc2)cc1. The van der Waals surface area contributed by atoms with Crippen LogP contribution in [0.4, 0.5) is 5.69 Å². The summed E-state index contributed by atoms with van der Waals surface area (Å²) in [4.78, 5) is 30.5. The number of nitrogens with zero attached hydrogens (tertiary/aromatic N) is 2. The molecule has 0 radical (unpaired) electrons. The third-order valence-electron chi connectivity index (χ3n) is 5.55. The van der Waals surface area contributed by atoms with Crippen molar-refractivity contribution < 1.29 is 24.2 Å². The lowest BCUT2D eigenvalue weighted by Gasteiger charge is -2.38. The van der Waals surface area contributed by atoms with E-state index in [1.807, 2.05) is 24.3 Å². The first-order valence-corrected chi connectivity index (χ1v) is 10.5. The Kier molecular flexibility index (Phi) is 6.97. The Labute approximate surface area is 191 Å². The second-order valence-corrected chi connectivity index (χ2v) is 7.71. The molecule has 3 aromatic rings. The van der Waals surface area contributed by atoms with Crippen molar-refractivity contribution in [2.75, 3.05) is 25.6 Å². The quantitative estimate of drug-likeness (QED) is 0.578. The molecule has 2 N–H and O–H groups in total. The lowest BCUT2D eigenvalue weighted by atomic mass is 9.99. The van der Waals surface area contributed by atoms with Gasteiger partial charge in [0.2, 0.25) is 5.91 Å². The lowest BCUT2D eigenvalue weighted by Crippen LogP contribution is -2.51. The summed E-state index contributed by atoms with van der Waals surface area (Å²) in [6.07, 6.45) is 2.14. The number of rotatable bonds is 7. The summed E-state index contributed by atoms with van der Waals surface area (Å²) in [6, 6.07) is 17.2. The number of benzene rings is 2. The van der Waals surface area contributed by atoms with Crippen LogP contribution in [0.2, 0.25) is 0 Å². The molecule has 8 nitrogen and oxygen atoms in total. The van der Waals surface area contributed by atoms with Crippen LogP contribution in [-0.2, 0) is 16.1 Å². The van der Waals surface area contributed by atoms with Crippen molar-refractivity contribution in [1.29, 1.82) is 0 Å². The number of ether oxygens (including phenoxy) is 2. The number of methoxy groups -OCH3 is 1. The summed E-state index contributed by atoms with van der Waals surface area (Å²) >= 11 is 0. The van der Waals surface area contributed by atoms with Crippen molar-refractivity contribution in [1.82, 2.24) is 9.88 Å². The van der Waals surface area contributed by atoms with Gasteiger partial charge in [0.15, 0.2) is 0 Å². The van der Waals surface area contributed by atoms with Crippen LogP contribution in [0.25, 0.3) is 0 Å². The summed E-state index contributed by atoms with van der Waals surface area (Å²) in [7, 11) is 1.60. The molecular formula is C25H25N3O5. The van der Waals surface area contributed by atoms with Crippen LogP contribution >= 0.6 is 0 Å². The van der Waals surface area contributed by atoms with Gasteiger partial charge in [-0.1, -0.05) is 24.3 Å². The fourth-order valence-corrected chi connectivity index (χ4v) is 3.71. The number of aliphatic hydroxyl groups excluding tert-OH is 1. The van der Waals surface area contributed by atoms with Gasteiger partial charge in [-0.3, -0.25) is 14.6 Å². The zero-order chi connectivity index (χ0) is 23.2.